The van der Waals surface area contributed by atoms with Crippen molar-refractivity contribution in [2.45, 2.75) is 0 Å². The van der Waals surface area contributed by atoms with Gasteiger partial charge in [-0.05, 0) is 0 Å². The zero-order valence-electron chi connectivity index (χ0n) is 5.08. The van der Waals surface area contributed by atoms with Crippen LogP contribution < -0.4 is 169 Å². The summed E-state index contributed by atoms with van der Waals surface area (Å²) in [5, 5.41) is 0. The zero-order chi connectivity index (χ0) is 4.50. The van der Waals surface area contributed by atoms with E-state index in [0.717, 1.165) is 0 Å². The molecule has 0 amide bonds. The van der Waals surface area contributed by atoms with E-state index in [1.807, 2.05) is 0 Å². The minimum absolute atomic E-state index is 0. The van der Waals surface area contributed by atoms with Gasteiger partial charge in [0.25, 0.3) is 0 Å². The van der Waals surface area contributed by atoms with Gasteiger partial charge in [-0.15, -0.1) is 0 Å². The van der Waals surface area contributed by atoms with Crippen LogP contribution in [0.3, 0.4) is 0 Å². The van der Waals surface area contributed by atoms with Gasteiger partial charge in [0.1, 0.15) is 0 Å². The molecule has 8 heteroatoms. The standard InChI is InChI=1S/3K.H3O3PSe/c;;;1-4(2,3)5/h;;;(H3,1,2,3,5)/q3*+1;/p-3. The Bertz CT molecular complexity index is 60.7. The molecule has 0 bridgehead atoms. The van der Waals surface area contributed by atoms with E-state index >= 15 is 0 Å². The van der Waals surface area contributed by atoms with Crippen molar-refractivity contribution in [3.05, 3.63) is 0 Å². The first kappa shape index (κ1) is 23.5. The van der Waals surface area contributed by atoms with Gasteiger partial charge in [-0.1, -0.05) is 0 Å². The Morgan fingerprint density at radius 1 is 0.875 bits per heavy atom. The Labute approximate surface area is 183 Å². The average molecular weight is 275 g/mol. The van der Waals surface area contributed by atoms with Crippen LogP contribution in [0, 0.1) is 0 Å². The van der Waals surface area contributed by atoms with Crippen molar-refractivity contribution in [3.63, 3.8) is 0 Å². The Morgan fingerprint density at radius 3 is 0.875 bits per heavy atom. The van der Waals surface area contributed by atoms with Gasteiger partial charge in [0.15, 0.2) is 0 Å². The fraction of sp³-hybridized carbons (Fsp3) is 0. The SMILES string of the molecule is [K+].[K+].[K+].[O-]P([O-])([O-])=[Se]. The van der Waals surface area contributed by atoms with Crippen molar-refractivity contribution < 1.29 is 169 Å². The minimum atomic E-state index is -4.26. The maximum absolute atomic E-state index is 9.05. The molecule has 0 saturated carbocycles. The molecule has 0 aliphatic carbocycles. The van der Waals surface area contributed by atoms with Crippen LogP contribution in [0.1, 0.15) is 0 Å². The number of rotatable bonds is 0. The number of hydrogen-bond donors (Lipinski definition) is 0. The van der Waals surface area contributed by atoms with Gasteiger partial charge in [-0.2, -0.15) is 0 Å². The van der Waals surface area contributed by atoms with Crippen molar-refractivity contribution >= 4 is 21.3 Å². The Kier molecular flexibility index (Phi) is 37.4. The van der Waals surface area contributed by atoms with E-state index in [4.69, 9.17) is 14.7 Å². The van der Waals surface area contributed by atoms with E-state index in [2.05, 4.69) is 0 Å². The summed E-state index contributed by atoms with van der Waals surface area (Å²) in [6.45, 7) is 0. The van der Waals surface area contributed by atoms with Crippen LogP contribution in [0.2, 0.25) is 0 Å². The summed E-state index contributed by atoms with van der Waals surface area (Å²) in [6, 6.07) is 0. The predicted molar refractivity (Wildman–Crippen MR) is 12.7 cm³/mol. The molecule has 0 saturated heterocycles. The summed E-state index contributed by atoms with van der Waals surface area (Å²) in [5.41, 5.74) is 0. The van der Waals surface area contributed by atoms with Crippen molar-refractivity contribution in [1.29, 1.82) is 0 Å². The molecular weight excluding hydrogens is 275 g/mol. The van der Waals surface area contributed by atoms with Crippen LogP contribution in [-0.4, -0.2) is 15.1 Å². The summed E-state index contributed by atoms with van der Waals surface area (Å²) in [7, 11) is 0. The Balaban J connectivity index is -0.0000000267. The number of hydrogen-bond acceptors (Lipinski definition) is 3. The molecule has 0 heterocycles. The fourth-order valence-corrected chi connectivity index (χ4v) is 0. The second kappa shape index (κ2) is 12.7. The van der Waals surface area contributed by atoms with Gasteiger partial charge < -0.3 is 0 Å². The molecule has 0 aliphatic rings. The van der Waals surface area contributed by atoms with E-state index in [9.17, 15) is 0 Å². The topological polar surface area (TPSA) is 69.2 Å². The van der Waals surface area contributed by atoms with Crippen molar-refractivity contribution in [1.82, 2.24) is 0 Å². The molecule has 0 N–H and O–H groups in total. The molecule has 0 fully saturated rings. The molecular formula is K3O3PSe. The van der Waals surface area contributed by atoms with Crippen LogP contribution in [0.4, 0.5) is 0 Å². The second-order valence-corrected chi connectivity index (χ2v) is 4.16. The molecule has 0 rings (SSSR count). The van der Waals surface area contributed by atoms with E-state index < -0.39 is 6.19 Å². The van der Waals surface area contributed by atoms with Crippen LogP contribution in [0.25, 0.3) is 0 Å². The van der Waals surface area contributed by atoms with Gasteiger partial charge >= 0.3 is 190 Å². The van der Waals surface area contributed by atoms with Crippen LogP contribution in [0.5, 0.6) is 0 Å². The Hall–Kier alpha value is 5.74. The summed E-state index contributed by atoms with van der Waals surface area (Å²) < 4.78 is 0. The first-order valence-electron chi connectivity index (χ1n) is 0.730. The van der Waals surface area contributed by atoms with Crippen molar-refractivity contribution in [3.8, 4) is 0 Å². The zero-order valence-corrected chi connectivity index (χ0v) is 17.1. The molecule has 0 unspecified atom stereocenters. The summed E-state index contributed by atoms with van der Waals surface area (Å²) in [4.78, 5) is 27.1. The fourth-order valence-electron chi connectivity index (χ4n) is 0. The summed E-state index contributed by atoms with van der Waals surface area (Å²) in [5.74, 6) is 0. The van der Waals surface area contributed by atoms with Crippen molar-refractivity contribution in [2.75, 3.05) is 0 Å². The molecule has 0 aromatic carbocycles. The monoisotopic (exact) mass is 276 g/mol. The summed E-state index contributed by atoms with van der Waals surface area (Å²) >= 11 is 1.42. The van der Waals surface area contributed by atoms with E-state index in [1.165, 1.54) is 15.1 Å². The third-order valence-electron chi connectivity index (χ3n) is 0. The summed E-state index contributed by atoms with van der Waals surface area (Å²) in [6.07, 6.45) is -4.26. The van der Waals surface area contributed by atoms with Gasteiger partial charge in [-0.25, -0.2) is 0 Å². The molecule has 0 atom stereocenters. The molecule has 0 aromatic rings. The van der Waals surface area contributed by atoms with Crippen LogP contribution in [-0.2, 0) is 0 Å². The van der Waals surface area contributed by atoms with Gasteiger partial charge in [0.05, 0.1) is 0 Å². The molecule has 32 valence electrons. The molecule has 0 aromatic heterocycles. The Morgan fingerprint density at radius 2 is 0.875 bits per heavy atom. The molecule has 3 nitrogen and oxygen atoms in total. The van der Waals surface area contributed by atoms with Crippen LogP contribution >= 0.6 is 6.19 Å². The maximum atomic E-state index is 9.05. The molecule has 0 radical (unpaired) electrons. The third kappa shape index (κ3) is 41.1. The average Bonchev–Trinajstić information content (AvgIpc) is 0.722. The first-order valence-corrected chi connectivity index (χ1v) is 4.49. The van der Waals surface area contributed by atoms with Crippen molar-refractivity contribution in [2.24, 2.45) is 0 Å². The molecule has 0 aliphatic heterocycles. The van der Waals surface area contributed by atoms with Gasteiger partial charge in [-0.3, -0.25) is 0 Å². The quantitative estimate of drug-likeness (QED) is 0.326. The molecule has 0 spiro atoms. The normalized spacial score (nSPS) is 7.38. The van der Waals surface area contributed by atoms with E-state index in [1.54, 1.807) is 0 Å². The van der Waals surface area contributed by atoms with Crippen LogP contribution in [0.15, 0.2) is 0 Å². The predicted octanol–water partition coefficient (Wildman–Crippen LogP) is -12.1. The van der Waals surface area contributed by atoms with E-state index in [0.29, 0.717) is 0 Å². The van der Waals surface area contributed by atoms with Gasteiger partial charge in [0, 0.05) is 0 Å². The van der Waals surface area contributed by atoms with E-state index in [-0.39, 0.29) is 154 Å². The third-order valence-corrected chi connectivity index (χ3v) is 0. The first-order chi connectivity index (χ1) is 2.00. The second-order valence-electron chi connectivity index (χ2n) is 0.447. The van der Waals surface area contributed by atoms with Gasteiger partial charge in [0.2, 0.25) is 0 Å². The molecule has 8 heavy (non-hydrogen) atoms.